The van der Waals surface area contributed by atoms with Crippen molar-refractivity contribution in [1.29, 1.82) is 0 Å². The van der Waals surface area contributed by atoms with Gasteiger partial charge in [0, 0.05) is 11.5 Å². The van der Waals surface area contributed by atoms with E-state index in [1.54, 1.807) is 4.90 Å². The SMILES string of the molecule is COC(=O)N1c2ccccc2[C@@]23CCN4CCC[C@]5(CC[C@]12[C@](O)(C(=O)OC)C5)[C@H]43. The van der Waals surface area contributed by atoms with Gasteiger partial charge in [0.05, 0.1) is 19.9 Å². The van der Waals surface area contributed by atoms with Crippen LogP contribution in [-0.2, 0) is 19.7 Å². The molecule has 0 unspecified atom stereocenters. The third-order valence-corrected chi connectivity index (χ3v) is 9.23. The topological polar surface area (TPSA) is 79.3 Å². The maximum Gasteiger partial charge on any atom is 0.414 e. The Hall–Kier alpha value is -2.12. The van der Waals surface area contributed by atoms with Crippen LogP contribution in [0.5, 0.6) is 0 Å². The van der Waals surface area contributed by atoms with Gasteiger partial charge in [-0.3, -0.25) is 9.80 Å². The molecule has 0 radical (unpaired) electrons. The Bertz CT molecular complexity index is 967. The van der Waals surface area contributed by atoms with Crippen molar-refractivity contribution >= 4 is 17.7 Å². The number of nitrogens with zero attached hydrogens (tertiary/aromatic N) is 2. The van der Waals surface area contributed by atoms with Gasteiger partial charge in [-0.05, 0) is 68.7 Å². The maximum atomic E-state index is 13.3. The van der Waals surface area contributed by atoms with Gasteiger partial charge in [-0.1, -0.05) is 18.2 Å². The van der Waals surface area contributed by atoms with Crippen LogP contribution < -0.4 is 4.90 Å². The lowest BCUT2D eigenvalue weighted by molar-refractivity contribution is -0.227. The fourth-order valence-electron chi connectivity index (χ4n) is 8.68. The smallest absolute Gasteiger partial charge is 0.414 e. The van der Waals surface area contributed by atoms with Crippen molar-refractivity contribution < 1.29 is 24.2 Å². The molecule has 30 heavy (non-hydrogen) atoms. The molecular weight excluding hydrogens is 384 g/mol. The first-order chi connectivity index (χ1) is 14.4. The molecule has 1 aromatic rings. The predicted molar refractivity (Wildman–Crippen MR) is 108 cm³/mol. The van der Waals surface area contributed by atoms with Gasteiger partial charge >= 0.3 is 12.1 Å². The molecule has 3 saturated carbocycles. The highest BCUT2D eigenvalue weighted by Crippen LogP contribution is 2.76. The second-order valence-electron chi connectivity index (χ2n) is 9.84. The highest BCUT2D eigenvalue weighted by atomic mass is 16.6. The summed E-state index contributed by atoms with van der Waals surface area (Å²) in [5.74, 6) is -0.634. The molecule has 3 spiro atoms. The van der Waals surface area contributed by atoms with Crippen molar-refractivity contribution in [2.75, 3.05) is 32.2 Å². The zero-order valence-corrected chi connectivity index (χ0v) is 17.5. The van der Waals surface area contributed by atoms with Gasteiger partial charge in [-0.2, -0.15) is 0 Å². The van der Waals surface area contributed by atoms with E-state index in [2.05, 4.69) is 11.0 Å². The molecule has 6 aliphatic rings. The Morgan fingerprint density at radius 3 is 2.63 bits per heavy atom. The van der Waals surface area contributed by atoms with Gasteiger partial charge in [0.25, 0.3) is 0 Å². The maximum absolute atomic E-state index is 13.3. The van der Waals surface area contributed by atoms with Crippen molar-refractivity contribution in [3.8, 4) is 0 Å². The van der Waals surface area contributed by atoms with E-state index in [9.17, 15) is 14.7 Å². The zero-order chi connectivity index (χ0) is 20.9. The van der Waals surface area contributed by atoms with E-state index >= 15 is 0 Å². The minimum absolute atomic E-state index is 0.154. The molecular formula is C23H28N2O5. The van der Waals surface area contributed by atoms with Crippen LogP contribution in [0.2, 0.25) is 0 Å². The molecule has 5 fully saturated rings. The third-order valence-electron chi connectivity index (χ3n) is 9.23. The molecule has 1 amide bonds. The van der Waals surface area contributed by atoms with E-state index in [0.717, 1.165) is 50.0 Å². The predicted octanol–water partition coefficient (Wildman–Crippen LogP) is 2.21. The van der Waals surface area contributed by atoms with E-state index < -0.39 is 28.6 Å². The lowest BCUT2D eigenvalue weighted by atomic mass is 9.37. The Balaban J connectivity index is 1.73. The molecule has 3 heterocycles. The molecule has 3 aliphatic carbocycles. The number of ether oxygens (including phenoxy) is 2. The Morgan fingerprint density at radius 1 is 1.07 bits per heavy atom. The Kier molecular flexibility index (Phi) is 3.46. The minimum Gasteiger partial charge on any atom is -0.467 e. The van der Waals surface area contributed by atoms with E-state index in [4.69, 9.17) is 9.47 Å². The third kappa shape index (κ3) is 1.64. The number of rotatable bonds is 1. The number of aliphatic hydroxyl groups is 1. The number of fused-ring (bicyclic) bond motifs is 3. The number of piperidine rings is 1. The van der Waals surface area contributed by atoms with Gasteiger partial charge in [-0.25, -0.2) is 9.59 Å². The molecule has 5 atom stereocenters. The van der Waals surface area contributed by atoms with Crippen LogP contribution in [0.25, 0.3) is 0 Å². The quantitative estimate of drug-likeness (QED) is 0.713. The van der Waals surface area contributed by atoms with Crippen LogP contribution in [0, 0.1) is 5.41 Å². The summed E-state index contributed by atoms with van der Waals surface area (Å²) >= 11 is 0. The lowest BCUT2D eigenvalue weighted by Crippen LogP contribution is -2.86. The van der Waals surface area contributed by atoms with Crippen molar-refractivity contribution in [2.45, 2.75) is 61.1 Å². The van der Waals surface area contributed by atoms with Crippen LogP contribution in [0.3, 0.4) is 0 Å². The molecule has 2 bridgehead atoms. The second-order valence-corrected chi connectivity index (χ2v) is 9.84. The average Bonchev–Trinajstić information content (AvgIpc) is 3.29. The highest BCUT2D eigenvalue weighted by molar-refractivity contribution is 5.99. The number of methoxy groups -OCH3 is 2. The summed E-state index contributed by atoms with van der Waals surface area (Å²) in [6.07, 6.45) is 4.12. The number of carbonyl (C=O) groups is 2. The van der Waals surface area contributed by atoms with Gasteiger partial charge in [0.2, 0.25) is 0 Å². The molecule has 3 aliphatic heterocycles. The summed E-state index contributed by atoms with van der Waals surface area (Å²) in [6.45, 7) is 1.94. The van der Waals surface area contributed by atoms with Crippen LogP contribution in [0.1, 0.15) is 44.1 Å². The Morgan fingerprint density at radius 2 is 1.87 bits per heavy atom. The van der Waals surface area contributed by atoms with Crippen LogP contribution in [0.15, 0.2) is 24.3 Å². The van der Waals surface area contributed by atoms with Gasteiger partial charge in [0.1, 0.15) is 5.54 Å². The molecule has 0 aromatic heterocycles. The largest absolute Gasteiger partial charge is 0.467 e. The summed E-state index contributed by atoms with van der Waals surface area (Å²) in [4.78, 5) is 30.8. The number of anilines is 1. The Labute approximate surface area is 175 Å². The summed E-state index contributed by atoms with van der Waals surface area (Å²) in [6, 6.07) is 8.13. The van der Waals surface area contributed by atoms with Crippen LogP contribution >= 0.6 is 0 Å². The number of esters is 1. The monoisotopic (exact) mass is 412 g/mol. The number of para-hydroxylation sites is 1. The highest BCUT2D eigenvalue weighted by Gasteiger charge is 2.86. The van der Waals surface area contributed by atoms with Gasteiger partial charge in [0.15, 0.2) is 5.60 Å². The van der Waals surface area contributed by atoms with E-state index in [1.165, 1.54) is 14.2 Å². The summed E-state index contributed by atoms with van der Waals surface area (Å²) in [7, 11) is 2.69. The fourth-order valence-corrected chi connectivity index (χ4v) is 8.68. The molecule has 7 rings (SSSR count). The van der Waals surface area contributed by atoms with E-state index in [-0.39, 0.29) is 11.5 Å². The number of amides is 1. The number of benzene rings is 1. The molecule has 7 heteroatoms. The number of hydrogen-bond acceptors (Lipinski definition) is 6. The fraction of sp³-hybridized carbons (Fsp3) is 0.652. The average molecular weight is 412 g/mol. The van der Waals surface area contributed by atoms with Crippen molar-refractivity contribution in [2.24, 2.45) is 5.41 Å². The second kappa shape index (κ2) is 5.56. The van der Waals surface area contributed by atoms with Crippen molar-refractivity contribution in [3.05, 3.63) is 29.8 Å². The molecule has 7 nitrogen and oxygen atoms in total. The molecule has 1 N–H and O–H groups in total. The first-order valence-corrected chi connectivity index (χ1v) is 10.9. The van der Waals surface area contributed by atoms with Crippen molar-refractivity contribution in [1.82, 2.24) is 4.90 Å². The molecule has 160 valence electrons. The summed E-state index contributed by atoms with van der Waals surface area (Å²) in [5, 5.41) is 12.3. The number of carbonyl (C=O) groups excluding carboxylic acids is 2. The standard InChI is InChI=1S/C23H28N2O5/c1-29-18(26)22(28)14-20-8-5-12-24-13-11-21(17(20)24)15-6-3-4-7-16(15)25(19(27)30-2)23(21,22)10-9-20/h3-4,6-7,17,28H,5,8-14H2,1-2H3/t17-,20+,21+,22+,23-/m0/s1. The van der Waals surface area contributed by atoms with Gasteiger partial charge in [-0.15, -0.1) is 0 Å². The van der Waals surface area contributed by atoms with Gasteiger partial charge < -0.3 is 14.6 Å². The summed E-state index contributed by atoms with van der Waals surface area (Å²) in [5.41, 5.74) is -1.73. The van der Waals surface area contributed by atoms with Crippen LogP contribution in [0.4, 0.5) is 10.5 Å². The lowest BCUT2D eigenvalue weighted by Gasteiger charge is -2.72. The first-order valence-electron chi connectivity index (χ1n) is 10.9. The molecule has 2 saturated heterocycles. The van der Waals surface area contributed by atoms with E-state index in [1.807, 2.05) is 18.2 Å². The summed E-state index contributed by atoms with van der Waals surface area (Å²) < 4.78 is 10.4. The zero-order valence-electron chi connectivity index (χ0n) is 17.5. The first kappa shape index (κ1) is 18.6. The molecule has 1 aromatic carbocycles. The van der Waals surface area contributed by atoms with Crippen LogP contribution in [-0.4, -0.2) is 66.6 Å². The van der Waals surface area contributed by atoms with E-state index in [0.29, 0.717) is 12.8 Å². The minimum atomic E-state index is -1.78. The van der Waals surface area contributed by atoms with Crippen molar-refractivity contribution in [3.63, 3.8) is 0 Å². The normalized spacial score (nSPS) is 43.0. The number of hydrogen-bond donors (Lipinski definition) is 1.